The Bertz CT molecular complexity index is 1080. The highest BCUT2D eigenvalue weighted by atomic mass is 32.2. The average Bonchev–Trinajstić information content (AvgIpc) is 3.12. The molecule has 3 aromatic rings. The van der Waals surface area contributed by atoms with E-state index in [1.807, 2.05) is 26.0 Å². The number of rotatable bonds is 6. The lowest BCUT2D eigenvalue weighted by Crippen LogP contribution is -2.13. The summed E-state index contributed by atoms with van der Waals surface area (Å²) >= 11 is 1.20. The predicted molar refractivity (Wildman–Crippen MR) is 113 cm³/mol. The molecule has 0 atom stereocenters. The molecule has 3 rings (SSSR count). The van der Waals surface area contributed by atoms with Crippen LogP contribution in [0.2, 0.25) is 0 Å². The molecular formula is C20H19N3O3S2. The number of sulfonamides is 1. The summed E-state index contributed by atoms with van der Waals surface area (Å²) < 4.78 is 27.0. The van der Waals surface area contributed by atoms with Gasteiger partial charge in [0.2, 0.25) is 5.91 Å². The fraction of sp³-hybridized carbons (Fsp3) is 0.100. The van der Waals surface area contributed by atoms with E-state index in [1.165, 1.54) is 35.7 Å². The molecule has 0 saturated carbocycles. The van der Waals surface area contributed by atoms with E-state index in [9.17, 15) is 13.2 Å². The van der Waals surface area contributed by atoms with Gasteiger partial charge in [0.15, 0.2) is 5.13 Å². The second-order valence-corrected chi connectivity index (χ2v) is 8.79. The molecular weight excluding hydrogens is 394 g/mol. The zero-order chi connectivity index (χ0) is 20.1. The Morgan fingerprint density at radius 3 is 2.36 bits per heavy atom. The number of thiazole rings is 1. The van der Waals surface area contributed by atoms with Gasteiger partial charge in [-0.2, -0.15) is 0 Å². The Morgan fingerprint density at radius 1 is 1.07 bits per heavy atom. The van der Waals surface area contributed by atoms with Crippen molar-refractivity contribution < 1.29 is 13.2 Å². The molecule has 1 heterocycles. The maximum atomic E-state index is 12.3. The van der Waals surface area contributed by atoms with Gasteiger partial charge in [0.1, 0.15) is 0 Å². The lowest BCUT2D eigenvalue weighted by molar-refractivity contribution is -0.111. The number of hydrogen-bond acceptors (Lipinski definition) is 5. The SMILES string of the molecule is Cc1cc(C)cc(C=CC(=O)Nc2ccc(S(=O)(=O)Nc3nccs3)cc2)c1. The average molecular weight is 414 g/mol. The fourth-order valence-electron chi connectivity index (χ4n) is 2.63. The molecule has 0 bridgehead atoms. The van der Waals surface area contributed by atoms with Crippen LogP contribution in [0.25, 0.3) is 6.08 Å². The summed E-state index contributed by atoms with van der Waals surface area (Å²) in [6.07, 6.45) is 4.71. The number of anilines is 2. The third kappa shape index (κ3) is 5.28. The van der Waals surface area contributed by atoms with Gasteiger partial charge in [0.25, 0.3) is 10.0 Å². The van der Waals surface area contributed by atoms with Crippen LogP contribution >= 0.6 is 11.3 Å². The van der Waals surface area contributed by atoms with Gasteiger partial charge in [-0.1, -0.05) is 29.3 Å². The Balaban J connectivity index is 1.65. The summed E-state index contributed by atoms with van der Waals surface area (Å²) in [7, 11) is -3.71. The van der Waals surface area contributed by atoms with E-state index >= 15 is 0 Å². The van der Waals surface area contributed by atoms with Crippen LogP contribution in [0.3, 0.4) is 0 Å². The van der Waals surface area contributed by atoms with Crippen molar-refractivity contribution >= 4 is 44.2 Å². The van der Waals surface area contributed by atoms with E-state index in [-0.39, 0.29) is 10.8 Å². The number of nitrogens with zero attached hydrogens (tertiary/aromatic N) is 1. The van der Waals surface area contributed by atoms with Crippen molar-refractivity contribution in [3.05, 3.63) is 76.8 Å². The highest BCUT2D eigenvalue weighted by Crippen LogP contribution is 2.19. The molecule has 0 aliphatic heterocycles. The van der Waals surface area contributed by atoms with Gasteiger partial charge in [0.05, 0.1) is 4.90 Å². The first kappa shape index (κ1) is 19.8. The Morgan fingerprint density at radius 2 is 1.75 bits per heavy atom. The van der Waals surface area contributed by atoms with E-state index in [0.29, 0.717) is 10.8 Å². The van der Waals surface area contributed by atoms with Crippen LogP contribution < -0.4 is 10.0 Å². The van der Waals surface area contributed by atoms with Crippen molar-refractivity contribution in [3.63, 3.8) is 0 Å². The molecule has 28 heavy (non-hydrogen) atoms. The topological polar surface area (TPSA) is 88.2 Å². The van der Waals surface area contributed by atoms with Crippen LogP contribution in [-0.2, 0) is 14.8 Å². The zero-order valence-corrected chi connectivity index (χ0v) is 17.0. The summed E-state index contributed by atoms with van der Waals surface area (Å²) in [4.78, 5) is 16.1. The van der Waals surface area contributed by atoms with Crippen LogP contribution in [0.4, 0.5) is 10.8 Å². The van der Waals surface area contributed by atoms with Gasteiger partial charge in [-0.15, -0.1) is 11.3 Å². The fourth-order valence-corrected chi connectivity index (χ4v) is 4.42. The van der Waals surface area contributed by atoms with Gasteiger partial charge < -0.3 is 5.32 Å². The number of amides is 1. The Labute approximate surface area is 168 Å². The van der Waals surface area contributed by atoms with Crippen LogP contribution in [0.15, 0.2) is 65.0 Å². The quantitative estimate of drug-likeness (QED) is 0.593. The van der Waals surface area contributed by atoms with Crippen molar-refractivity contribution in [3.8, 4) is 0 Å². The van der Waals surface area contributed by atoms with Gasteiger partial charge in [0, 0.05) is 23.3 Å². The lowest BCUT2D eigenvalue weighted by Gasteiger charge is -2.07. The van der Waals surface area contributed by atoms with Crippen LogP contribution in [0.5, 0.6) is 0 Å². The third-order valence-electron chi connectivity index (χ3n) is 3.76. The number of hydrogen-bond donors (Lipinski definition) is 2. The molecule has 0 fully saturated rings. The molecule has 0 aliphatic rings. The van der Waals surface area contributed by atoms with Crippen molar-refractivity contribution in [2.45, 2.75) is 18.7 Å². The molecule has 0 saturated heterocycles. The molecule has 0 radical (unpaired) electrons. The molecule has 2 aromatic carbocycles. The second-order valence-electron chi connectivity index (χ2n) is 6.21. The first-order chi connectivity index (χ1) is 13.3. The Hall–Kier alpha value is -2.97. The van der Waals surface area contributed by atoms with E-state index in [4.69, 9.17) is 0 Å². The summed E-state index contributed by atoms with van der Waals surface area (Å²) in [5.74, 6) is -0.296. The molecule has 0 unspecified atom stereocenters. The summed E-state index contributed by atoms with van der Waals surface area (Å²) in [6, 6.07) is 12.0. The van der Waals surface area contributed by atoms with Crippen molar-refractivity contribution in [1.82, 2.24) is 4.98 Å². The molecule has 0 spiro atoms. The minimum absolute atomic E-state index is 0.0893. The van der Waals surface area contributed by atoms with Gasteiger partial charge in [-0.3, -0.25) is 9.52 Å². The number of carbonyl (C=O) groups excluding carboxylic acids is 1. The molecule has 0 aliphatic carbocycles. The molecule has 8 heteroatoms. The third-order valence-corrected chi connectivity index (χ3v) is 5.93. The molecule has 2 N–H and O–H groups in total. The van der Waals surface area contributed by atoms with E-state index in [1.54, 1.807) is 23.6 Å². The minimum Gasteiger partial charge on any atom is -0.323 e. The van der Waals surface area contributed by atoms with Gasteiger partial charge >= 0.3 is 0 Å². The normalized spacial score (nSPS) is 11.5. The highest BCUT2D eigenvalue weighted by molar-refractivity contribution is 7.93. The van der Waals surface area contributed by atoms with Crippen LogP contribution in [-0.4, -0.2) is 19.3 Å². The maximum absolute atomic E-state index is 12.3. The number of aromatic nitrogens is 1. The lowest BCUT2D eigenvalue weighted by atomic mass is 10.1. The Kier molecular flexibility index (Phi) is 5.91. The standard InChI is InChI=1S/C20H19N3O3S2/c1-14-11-15(2)13-16(12-14)3-8-19(24)22-17-4-6-18(7-5-17)28(25,26)23-20-21-9-10-27-20/h3-13H,1-2H3,(H,21,23)(H,22,24). The second kappa shape index (κ2) is 8.37. The zero-order valence-electron chi connectivity index (χ0n) is 15.3. The van der Waals surface area contributed by atoms with Crippen molar-refractivity contribution in [2.75, 3.05) is 10.0 Å². The smallest absolute Gasteiger partial charge is 0.263 e. The number of carbonyl (C=O) groups is 1. The summed E-state index contributed by atoms with van der Waals surface area (Å²) in [5.41, 5.74) is 3.71. The highest BCUT2D eigenvalue weighted by Gasteiger charge is 2.15. The number of aryl methyl sites for hydroxylation is 2. The molecule has 6 nitrogen and oxygen atoms in total. The van der Waals surface area contributed by atoms with E-state index < -0.39 is 10.0 Å². The first-order valence-electron chi connectivity index (χ1n) is 8.41. The largest absolute Gasteiger partial charge is 0.323 e. The van der Waals surface area contributed by atoms with Crippen LogP contribution in [0, 0.1) is 13.8 Å². The molecule has 144 valence electrons. The summed E-state index contributed by atoms with van der Waals surface area (Å²) in [5, 5.41) is 4.70. The van der Waals surface area contributed by atoms with Crippen molar-refractivity contribution in [1.29, 1.82) is 0 Å². The first-order valence-corrected chi connectivity index (χ1v) is 10.8. The van der Waals surface area contributed by atoms with Gasteiger partial charge in [-0.05, 0) is 49.8 Å². The monoisotopic (exact) mass is 413 g/mol. The van der Waals surface area contributed by atoms with Gasteiger partial charge in [-0.25, -0.2) is 13.4 Å². The van der Waals surface area contributed by atoms with Crippen LogP contribution in [0.1, 0.15) is 16.7 Å². The predicted octanol–water partition coefficient (Wildman–Crippen LogP) is 4.21. The minimum atomic E-state index is -3.71. The molecule has 1 amide bonds. The number of nitrogens with one attached hydrogen (secondary N) is 2. The summed E-state index contributed by atoms with van der Waals surface area (Å²) in [6.45, 7) is 4.01. The molecule has 1 aromatic heterocycles. The van der Waals surface area contributed by atoms with E-state index in [2.05, 4.69) is 21.1 Å². The van der Waals surface area contributed by atoms with E-state index in [0.717, 1.165) is 16.7 Å². The number of benzene rings is 2. The van der Waals surface area contributed by atoms with Crippen molar-refractivity contribution in [2.24, 2.45) is 0 Å². The maximum Gasteiger partial charge on any atom is 0.263 e.